The summed E-state index contributed by atoms with van der Waals surface area (Å²) in [6, 6.07) is 6.30. The third-order valence-electron chi connectivity index (χ3n) is 5.04. The number of aryl methyl sites for hydroxylation is 2. The van der Waals surface area contributed by atoms with Crippen molar-refractivity contribution in [3.63, 3.8) is 0 Å². The molecule has 0 aliphatic carbocycles. The number of ether oxygens (including phenoxy) is 1. The molecule has 1 saturated heterocycles. The Balaban J connectivity index is 0.00000420. The minimum atomic E-state index is -0.103. The van der Waals surface area contributed by atoms with Crippen LogP contribution in [0.4, 0.5) is 0 Å². The van der Waals surface area contributed by atoms with Crippen LogP contribution in [0.1, 0.15) is 37.3 Å². The number of benzene rings is 1. The van der Waals surface area contributed by atoms with Gasteiger partial charge in [-0.2, -0.15) is 0 Å². The fourth-order valence-corrected chi connectivity index (χ4v) is 3.51. The van der Waals surface area contributed by atoms with E-state index in [1.54, 1.807) is 0 Å². The van der Waals surface area contributed by atoms with Crippen LogP contribution in [0.3, 0.4) is 0 Å². The van der Waals surface area contributed by atoms with E-state index in [9.17, 15) is 5.11 Å². The minimum Gasteiger partial charge on any atom is -0.492 e. The normalized spacial score (nSPS) is 15.7. The number of likely N-dealkylation sites (tertiary alicyclic amines) is 1. The van der Waals surface area contributed by atoms with E-state index in [-0.39, 0.29) is 30.1 Å². The molecule has 1 heterocycles. The molecule has 0 saturated carbocycles. The third-order valence-corrected chi connectivity index (χ3v) is 5.04. The molecule has 2 N–H and O–H groups in total. The molecule has 7 heteroatoms. The summed E-state index contributed by atoms with van der Waals surface area (Å²) in [4.78, 5) is 9.32. The largest absolute Gasteiger partial charge is 0.492 e. The van der Waals surface area contributed by atoms with Gasteiger partial charge in [-0.15, -0.1) is 24.0 Å². The van der Waals surface area contributed by atoms with Crippen LogP contribution < -0.4 is 10.1 Å². The molecule has 1 fully saturated rings. The summed E-state index contributed by atoms with van der Waals surface area (Å²) in [7, 11) is 2.05. The van der Waals surface area contributed by atoms with Gasteiger partial charge in [-0.05, 0) is 69.8 Å². The molecule has 0 amide bonds. The Morgan fingerprint density at radius 1 is 1.24 bits per heavy atom. The van der Waals surface area contributed by atoms with E-state index in [4.69, 9.17) is 9.73 Å². The lowest BCUT2D eigenvalue weighted by atomic mass is 10.1. The fourth-order valence-electron chi connectivity index (χ4n) is 3.51. The van der Waals surface area contributed by atoms with Gasteiger partial charge in [0.2, 0.25) is 0 Å². The molecule has 1 aliphatic heterocycles. The SMILES string of the molecule is CCNC(=NCCCN1CCC(O)CC1)N(C)CCOc1cc(C)cc(C)c1.I. The van der Waals surface area contributed by atoms with Crippen molar-refractivity contribution in [2.24, 2.45) is 4.99 Å². The van der Waals surface area contributed by atoms with Crippen LogP contribution in [0.15, 0.2) is 23.2 Å². The number of aliphatic hydroxyl groups excluding tert-OH is 1. The molecule has 1 aromatic carbocycles. The van der Waals surface area contributed by atoms with Gasteiger partial charge in [0.05, 0.1) is 12.6 Å². The zero-order valence-corrected chi connectivity index (χ0v) is 20.8. The fraction of sp³-hybridized carbons (Fsp3) is 0.682. The van der Waals surface area contributed by atoms with Gasteiger partial charge in [0.1, 0.15) is 12.4 Å². The summed E-state index contributed by atoms with van der Waals surface area (Å²) < 4.78 is 5.93. The molecule has 0 atom stereocenters. The Morgan fingerprint density at radius 2 is 1.90 bits per heavy atom. The summed E-state index contributed by atoms with van der Waals surface area (Å²) in [6.07, 6.45) is 2.73. The molecular weight excluding hydrogens is 479 g/mol. The number of guanidine groups is 1. The monoisotopic (exact) mass is 518 g/mol. The first-order chi connectivity index (χ1) is 13.5. The molecule has 6 nitrogen and oxygen atoms in total. The van der Waals surface area contributed by atoms with Crippen LogP contribution in [0.25, 0.3) is 0 Å². The number of rotatable bonds is 9. The van der Waals surface area contributed by atoms with E-state index in [0.717, 1.165) is 70.2 Å². The third kappa shape index (κ3) is 10.00. The molecule has 29 heavy (non-hydrogen) atoms. The number of aliphatic imine (C=N–C) groups is 1. The van der Waals surface area contributed by atoms with E-state index < -0.39 is 0 Å². The van der Waals surface area contributed by atoms with Crippen LogP contribution in [0.5, 0.6) is 5.75 Å². The van der Waals surface area contributed by atoms with Crippen molar-refractivity contribution in [1.82, 2.24) is 15.1 Å². The summed E-state index contributed by atoms with van der Waals surface area (Å²) >= 11 is 0. The van der Waals surface area contributed by atoms with Crippen molar-refractivity contribution in [3.05, 3.63) is 29.3 Å². The second kappa shape index (κ2) is 14.0. The average molecular weight is 518 g/mol. The maximum absolute atomic E-state index is 9.59. The lowest BCUT2D eigenvalue weighted by Crippen LogP contribution is -2.41. The number of aliphatic hydroxyl groups is 1. The Bertz CT molecular complexity index is 599. The van der Waals surface area contributed by atoms with Gasteiger partial charge < -0.3 is 25.0 Å². The van der Waals surface area contributed by atoms with E-state index >= 15 is 0 Å². The van der Waals surface area contributed by atoms with Gasteiger partial charge >= 0.3 is 0 Å². The Hall–Kier alpha value is -1.06. The molecule has 0 spiro atoms. The highest BCUT2D eigenvalue weighted by Gasteiger charge is 2.16. The molecule has 1 aliphatic rings. The highest BCUT2D eigenvalue weighted by atomic mass is 127. The predicted molar refractivity (Wildman–Crippen MR) is 132 cm³/mol. The summed E-state index contributed by atoms with van der Waals surface area (Å²) in [6.45, 7) is 12.4. The Morgan fingerprint density at radius 3 is 2.52 bits per heavy atom. The van der Waals surface area contributed by atoms with Gasteiger partial charge in [0.15, 0.2) is 5.96 Å². The minimum absolute atomic E-state index is 0. The van der Waals surface area contributed by atoms with Gasteiger partial charge in [0.25, 0.3) is 0 Å². The Kier molecular flexibility index (Phi) is 12.6. The zero-order chi connectivity index (χ0) is 20.4. The molecular formula is C22H39IN4O2. The maximum Gasteiger partial charge on any atom is 0.193 e. The molecule has 2 rings (SSSR count). The molecule has 0 aromatic heterocycles. The van der Waals surface area contributed by atoms with E-state index in [2.05, 4.69) is 61.1 Å². The number of nitrogens with one attached hydrogen (secondary N) is 1. The standard InChI is InChI=1S/C22H38N4O2.HI/c1-5-23-22(24-9-6-10-26-11-7-20(27)8-12-26)25(4)13-14-28-21-16-18(2)15-19(3)17-21;/h15-17,20,27H,5-14H2,1-4H3,(H,23,24);1H. The van der Waals surface area contributed by atoms with Crippen LogP contribution >= 0.6 is 24.0 Å². The van der Waals surface area contributed by atoms with Crippen LogP contribution in [-0.2, 0) is 0 Å². The van der Waals surface area contributed by atoms with E-state index in [1.807, 2.05) is 0 Å². The first-order valence-corrected chi connectivity index (χ1v) is 10.6. The number of likely N-dealkylation sites (N-methyl/N-ethyl adjacent to an activating group) is 1. The highest BCUT2D eigenvalue weighted by Crippen LogP contribution is 2.16. The predicted octanol–water partition coefficient (Wildman–Crippen LogP) is 3.04. The van der Waals surface area contributed by atoms with Crippen molar-refractivity contribution in [3.8, 4) is 5.75 Å². The van der Waals surface area contributed by atoms with Crippen molar-refractivity contribution < 1.29 is 9.84 Å². The van der Waals surface area contributed by atoms with Crippen molar-refractivity contribution in [2.75, 3.05) is 52.9 Å². The second-order valence-corrected chi connectivity index (χ2v) is 7.76. The molecule has 1 aromatic rings. The number of nitrogens with zero attached hydrogens (tertiary/aromatic N) is 3. The molecule has 0 radical (unpaired) electrons. The lowest BCUT2D eigenvalue weighted by molar-refractivity contribution is 0.0824. The van der Waals surface area contributed by atoms with Crippen molar-refractivity contribution >= 4 is 29.9 Å². The van der Waals surface area contributed by atoms with Crippen LogP contribution in [0.2, 0.25) is 0 Å². The Labute approximate surface area is 193 Å². The van der Waals surface area contributed by atoms with Crippen molar-refractivity contribution in [1.29, 1.82) is 0 Å². The van der Waals surface area contributed by atoms with E-state index in [1.165, 1.54) is 11.1 Å². The van der Waals surface area contributed by atoms with E-state index in [0.29, 0.717) is 6.61 Å². The number of halogens is 1. The summed E-state index contributed by atoms with van der Waals surface area (Å²) in [5.41, 5.74) is 2.45. The highest BCUT2D eigenvalue weighted by molar-refractivity contribution is 14.0. The molecule has 0 unspecified atom stereocenters. The van der Waals surface area contributed by atoms with Gasteiger partial charge in [0, 0.05) is 33.2 Å². The lowest BCUT2D eigenvalue weighted by Gasteiger charge is -2.29. The topological polar surface area (TPSA) is 60.3 Å². The number of piperidine rings is 1. The first kappa shape index (κ1) is 26.0. The number of hydrogen-bond acceptors (Lipinski definition) is 4. The van der Waals surface area contributed by atoms with Crippen LogP contribution in [0, 0.1) is 13.8 Å². The van der Waals surface area contributed by atoms with Crippen molar-refractivity contribution in [2.45, 2.75) is 46.1 Å². The molecule has 166 valence electrons. The van der Waals surface area contributed by atoms with Crippen LogP contribution in [-0.4, -0.2) is 79.9 Å². The average Bonchev–Trinajstić information content (AvgIpc) is 2.65. The number of hydrogen-bond donors (Lipinski definition) is 2. The quantitative estimate of drug-likeness (QED) is 0.228. The summed E-state index contributed by atoms with van der Waals surface area (Å²) in [5.74, 6) is 1.86. The molecule has 0 bridgehead atoms. The van der Waals surface area contributed by atoms with Gasteiger partial charge in [-0.1, -0.05) is 6.07 Å². The summed E-state index contributed by atoms with van der Waals surface area (Å²) in [5, 5.41) is 13.0. The maximum atomic E-state index is 9.59. The first-order valence-electron chi connectivity index (χ1n) is 10.6. The smallest absolute Gasteiger partial charge is 0.193 e. The van der Waals surface area contributed by atoms with Gasteiger partial charge in [-0.25, -0.2) is 0 Å². The second-order valence-electron chi connectivity index (χ2n) is 7.76. The van der Waals surface area contributed by atoms with Gasteiger partial charge in [-0.3, -0.25) is 4.99 Å². The zero-order valence-electron chi connectivity index (χ0n) is 18.5.